The summed E-state index contributed by atoms with van der Waals surface area (Å²) >= 11 is 5.43. The smallest absolute Gasteiger partial charge is 0.0327 e. The van der Waals surface area contributed by atoms with Crippen LogP contribution in [-0.2, 0) is 6.54 Å². The molecule has 1 heterocycles. The van der Waals surface area contributed by atoms with Crippen LogP contribution in [0.1, 0.15) is 42.0 Å². The number of nitrogens with one attached hydrogen (secondary N) is 1. The summed E-state index contributed by atoms with van der Waals surface area (Å²) in [5.74, 6) is 0.766. The summed E-state index contributed by atoms with van der Waals surface area (Å²) < 4.78 is 1.24. The molecule has 1 saturated carbocycles. The van der Waals surface area contributed by atoms with Crippen molar-refractivity contribution in [1.29, 1.82) is 0 Å². The molecule has 1 aromatic carbocycles. The first-order valence-electron chi connectivity index (χ1n) is 7.33. The highest BCUT2D eigenvalue weighted by molar-refractivity contribution is 9.10. The second-order valence-electron chi connectivity index (χ2n) is 5.53. The van der Waals surface area contributed by atoms with E-state index in [1.165, 1.54) is 40.6 Å². The molecule has 1 aromatic heterocycles. The van der Waals surface area contributed by atoms with Gasteiger partial charge in [0.25, 0.3) is 0 Å². The largest absolute Gasteiger partial charge is 0.309 e. The van der Waals surface area contributed by atoms with Crippen LogP contribution in [0.4, 0.5) is 0 Å². The fourth-order valence-electron chi connectivity index (χ4n) is 3.04. The Labute approximate surface area is 133 Å². The molecule has 2 aromatic rings. The third kappa shape index (κ3) is 3.51. The van der Waals surface area contributed by atoms with Crippen molar-refractivity contribution >= 4 is 27.3 Å². The first-order chi connectivity index (χ1) is 9.83. The summed E-state index contributed by atoms with van der Waals surface area (Å²) in [6, 6.07) is 13.8. The molecule has 3 rings (SSSR count). The Balaban J connectivity index is 1.48. The molecule has 1 aliphatic carbocycles. The molecule has 106 valence electrons. The Hall–Kier alpha value is -0.640. The molecule has 1 nitrogen and oxygen atoms in total. The SMILES string of the molecule is Brc1ccsc1CNC1CCC(c2ccccc2)CC1. The maximum absolute atomic E-state index is 3.72. The predicted octanol–water partition coefficient (Wildman–Crippen LogP) is 5.33. The number of benzene rings is 1. The van der Waals surface area contributed by atoms with E-state index >= 15 is 0 Å². The van der Waals surface area contributed by atoms with Crippen molar-refractivity contribution in [3.8, 4) is 0 Å². The first-order valence-corrected chi connectivity index (χ1v) is 9.00. The predicted molar refractivity (Wildman–Crippen MR) is 90.3 cm³/mol. The minimum Gasteiger partial charge on any atom is -0.309 e. The zero-order valence-corrected chi connectivity index (χ0v) is 13.9. The van der Waals surface area contributed by atoms with Crippen molar-refractivity contribution in [2.24, 2.45) is 0 Å². The maximum Gasteiger partial charge on any atom is 0.0327 e. The van der Waals surface area contributed by atoms with E-state index in [1.807, 2.05) is 11.3 Å². The zero-order chi connectivity index (χ0) is 13.8. The van der Waals surface area contributed by atoms with Gasteiger partial charge >= 0.3 is 0 Å². The summed E-state index contributed by atoms with van der Waals surface area (Å²) in [4.78, 5) is 1.41. The molecular weight excluding hydrogens is 330 g/mol. The molecule has 1 N–H and O–H groups in total. The zero-order valence-electron chi connectivity index (χ0n) is 11.5. The molecule has 0 atom stereocenters. The van der Waals surface area contributed by atoms with E-state index in [4.69, 9.17) is 0 Å². The van der Waals surface area contributed by atoms with Gasteiger partial charge in [0, 0.05) is 21.9 Å². The summed E-state index contributed by atoms with van der Waals surface area (Å²) in [6.45, 7) is 0.999. The number of halogens is 1. The molecule has 0 spiro atoms. The Bertz CT molecular complexity index is 529. The third-order valence-corrected chi connectivity index (χ3v) is 6.17. The highest BCUT2D eigenvalue weighted by atomic mass is 79.9. The number of rotatable bonds is 4. The second-order valence-corrected chi connectivity index (χ2v) is 7.39. The molecule has 20 heavy (non-hydrogen) atoms. The van der Waals surface area contributed by atoms with Crippen LogP contribution in [-0.4, -0.2) is 6.04 Å². The van der Waals surface area contributed by atoms with Gasteiger partial charge in [-0.3, -0.25) is 0 Å². The minimum absolute atomic E-state index is 0.684. The van der Waals surface area contributed by atoms with Gasteiger partial charge in [-0.1, -0.05) is 30.3 Å². The molecule has 1 aliphatic rings. The van der Waals surface area contributed by atoms with E-state index in [1.54, 1.807) is 0 Å². The van der Waals surface area contributed by atoms with Crippen molar-refractivity contribution in [2.75, 3.05) is 0 Å². The van der Waals surface area contributed by atoms with E-state index < -0.39 is 0 Å². The monoisotopic (exact) mass is 349 g/mol. The Kier molecular flexibility index (Phi) is 4.92. The van der Waals surface area contributed by atoms with Crippen LogP contribution in [0.2, 0.25) is 0 Å². The molecule has 0 radical (unpaired) electrons. The van der Waals surface area contributed by atoms with Crippen LogP contribution in [0.3, 0.4) is 0 Å². The van der Waals surface area contributed by atoms with Crippen LogP contribution in [0, 0.1) is 0 Å². The fraction of sp³-hybridized carbons (Fsp3) is 0.412. The van der Waals surface area contributed by atoms with E-state index in [-0.39, 0.29) is 0 Å². The molecule has 3 heteroatoms. The topological polar surface area (TPSA) is 12.0 Å². The van der Waals surface area contributed by atoms with E-state index in [0.29, 0.717) is 6.04 Å². The van der Waals surface area contributed by atoms with Crippen LogP contribution < -0.4 is 5.32 Å². The number of hydrogen-bond acceptors (Lipinski definition) is 2. The number of hydrogen-bond donors (Lipinski definition) is 1. The Morgan fingerprint density at radius 3 is 2.45 bits per heavy atom. The van der Waals surface area contributed by atoms with Gasteiger partial charge in [0.15, 0.2) is 0 Å². The lowest BCUT2D eigenvalue weighted by Gasteiger charge is -2.29. The van der Waals surface area contributed by atoms with Crippen LogP contribution in [0.25, 0.3) is 0 Å². The highest BCUT2D eigenvalue weighted by Crippen LogP contribution is 2.33. The summed E-state index contributed by atoms with van der Waals surface area (Å²) in [5.41, 5.74) is 1.52. The lowest BCUT2D eigenvalue weighted by Crippen LogP contribution is -2.32. The molecule has 0 unspecified atom stereocenters. The van der Waals surface area contributed by atoms with Crippen molar-refractivity contribution in [2.45, 2.75) is 44.2 Å². The average Bonchev–Trinajstić information content (AvgIpc) is 2.92. The van der Waals surface area contributed by atoms with Crippen molar-refractivity contribution < 1.29 is 0 Å². The first kappa shape index (κ1) is 14.3. The third-order valence-electron chi connectivity index (χ3n) is 4.24. The normalized spacial score (nSPS) is 22.9. The van der Waals surface area contributed by atoms with Gasteiger partial charge in [0.2, 0.25) is 0 Å². The van der Waals surface area contributed by atoms with Crippen LogP contribution in [0.15, 0.2) is 46.3 Å². The van der Waals surface area contributed by atoms with E-state index in [0.717, 1.165) is 12.5 Å². The van der Waals surface area contributed by atoms with Crippen molar-refractivity contribution in [3.05, 3.63) is 56.7 Å². The summed E-state index contributed by atoms with van der Waals surface area (Å²) in [7, 11) is 0. The molecule has 0 bridgehead atoms. The van der Waals surface area contributed by atoms with Crippen LogP contribution >= 0.6 is 27.3 Å². The lowest BCUT2D eigenvalue weighted by atomic mass is 9.82. The Morgan fingerprint density at radius 2 is 1.80 bits per heavy atom. The number of thiophene rings is 1. The average molecular weight is 350 g/mol. The molecular formula is C17H20BrNS. The highest BCUT2D eigenvalue weighted by Gasteiger charge is 2.21. The van der Waals surface area contributed by atoms with Gasteiger partial charge in [0.05, 0.1) is 0 Å². The minimum atomic E-state index is 0.684. The molecule has 1 fully saturated rings. The van der Waals surface area contributed by atoms with Gasteiger partial charge in [-0.15, -0.1) is 11.3 Å². The van der Waals surface area contributed by atoms with Crippen molar-refractivity contribution in [1.82, 2.24) is 5.32 Å². The quantitative estimate of drug-likeness (QED) is 0.786. The summed E-state index contributed by atoms with van der Waals surface area (Å²) in [5, 5.41) is 5.86. The molecule has 0 aliphatic heterocycles. The van der Waals surface area contributed by atoms with Crippen molar-refractivity contribution in [3.63, 3.8) is 0 Å². The van der Waals surface area contributed by atoms with Gasteiger partial charge in [0.1, 0.15) is 0 Å². The van der Waals surface area contributed by atoms with Gasteiger partial charge in [-0.2, -0.15) is 0 Å². The van der Waals surface area contributed by atoms with E-state index in [2.05, 4.69) is 63.0 Å². The second kappa shape index (κ2) is 6.88. The van der Waals surface area contributed by atoms with Gasteiger partial charge < -0.3 is 5.32 Å². The fourth-order valence-corrected chi connectivity index (χ4v) is 4.49. The lowest BCUT2D eigenvalue weighted by molar-refractivity contribution is 0.342. The van der Waals surface area contributed by atoms with Crippen LogP contribution in [0.5, 0.6) is 0 Å². The Morgan fingerprint density at radius 1 is 1.05 bits per heavy atom. The summed E-state index contributed by atoms with van der Waals surface area (Å²) in [6.07, 6.45) is 5.21. The standard InChI is InChI=1S/C17H20BrNS/c18-16-10-11-20-17(16)12-19-15-8-6-14(7-9-15)13-4-2-1-3-5-13/h1-5,10-11,14-15,19H,6-9,12H2. The maximum atomic E-state index is 3.72. The van der Waals surface area contributed by atoms with Gasteiger partial charge in [-0.25, -0.2) is 0 Å². The molecule has 0 amide bonds. The van der Waals surface area contributed by atoms with E-state index in [9.17, 15) is 0 Å². The van der Waals surface area contributed by atoms with Gasteiger partial charge in [-0.05, 0) is 64.5 Å². The molecule has 0 saturated heterocycles.